The van der Waals surface area contributed by atoms with Gasteiger partial charge in [0.1, 0.15) is 11.6 Å². The highest BCUT2D eigenvalue weighted by Gasteiger charge is 2.22. The molecule has 0 fully saturated rings. The molecule has 1 aromatic carbocycles. The first-order valence-corrected chi connectivity index (χ1v) is 9.23. The van der Waals surface area contributed by atoms with Gasteiger partial charge in [0, 0.05) is 49.9 Å². The fourth-order valence-corrected chi connectivity index (χ4v) is 3.68. The van der Waals surface area contributed by atoms with Crippen LogP contribution in [0, 0.1) is 11.6 Å². The number of rotatable bonds is 3. The maximum Gasteiger partial charge on any atom is 0.173 e. The van der Waals surface area contributed by atoms with Gasteiger partial charge in [-0.05, 0) is 31.4 Å². The van der Waals surface area contributed by atoms with Crippen LogP contribution in [-0.4, -0.2) is 33.7 Å². The van der Waals surface area contributed by atoms with Crippen molar-refractivity contribution in [2.45, 2.75) is 38.8 Å². The normalized spacial score (nSPS) is 17.7. The monoisotopic (exact) mass is 376 g/mol. The Morgan fingerprint density at radius 3 is 2.77 bits per heavy atom. The number of fused-ring (bicyclic) bond motifs is 1. The molecule has 0 spiro atoms. The summed E-state index contributed by atoms with van der Waals surface area (Å²) in [6.45, 7) is 2.41. The summed E-state index contributed by atoms with van der Waals surface area (Å²) in [4.78, 5) is 15.7. The molecule has 26 heavy (non-hydrogen) atoms. The Kier molecular flexibility index (Phi) is 4.96. The van der Waals surface area contributed by atoms with Gasteiger partial charge in [-0.3, -0.25) is 9.89 Å². The molecule has 4 rings (SSSR count). The number of hydrogen-bond donors (Lipinski definition) is 0. The Hall–Kier alpha value is -1.92. The molecule has 0 unspecified atom stereocenters. The van der Waals surface area contributed by atoms with E-state index in [1.54, 1.807) is 0 Å². The van der Waals surface area contributed by atoms with Gasteiger partial charge in [0.2, 0.25) is 0 Å². The highest BCUT2D eigenvalue weighted by molar-refractivity contribution is 6.31. The van der Waals surface area contributed by atoms with E-state index in [9.17, 15) is 8.78 Å². The highest BCUT2D eigenvalue weighted by atomic mass is 35.5. The quantitative estimate of drug-likeness (QED) is 0.762. The average Bonchev–Trinajstić information content (AvgIpc) is 2.68. The Bertz CT molecular complexity index is 869. The number of nitrogens with zero attached hydrogens (tertiary/aromatic N) is 4. The minimum absolute atomic E-state index is 0.141. The van der Waals surface area contributed by atoms with E-state index in [1.165, 1.54) is 0 Å². The van der Waals surface area contributed by atoms with Gasteiger partial charge in [-0.1, -0.05) is 11.6 Å². The van der Waals surface area contributed by atoms with E-state index in [4.69, 9.17) is 16.6 Å². The predicted molar refractivity (Wildman–Crippen MR) is 96.5 cm³/mol. The SMILES string of the molecule is Fc1ccc(F)c(CN2CCc3nc(C4=NCCCC4)ncc3C2)c1Cl. The van der Waals surface area contributed by atoms with Gasteiger partial charge in [-0.25, -0.2) is 18.7 Å². The summed E-state index contributed by atoms with van der Waals surface area (Å²) >= 11 is 5.95. The van der Waals surface area contributed by atoms with Crippen molar-refractivity contribution in [1.82, 2.24) is 14.9 Å². The highest BCUT2D eigenvalue weighted by Crippen LogP contribution is 2.26. The Morgan fingerprint density at radius 2 is 1.96 bits per heavy atom. The van der Waals surface area contributed by atoms with Crippen LogP contribution in [0.15, 0.2) is 23.3 Å². The Balaban J connectivity index is 1.52. The van der Waals surface area contributed by atoms with E-state index in [0.717, 1.165) is 67.2 Å². The van der Waals surface area contributed by atoms with Crippen molar-refractivity contribution >= 4 is 17.3 Å². The van der Waals surface area contributed by atoms with E-state index in [-0.39, 0.29) is 17.1 Å². The van der Waals surface area contributed by atoms with Crippen molar-refractivity contribution < 1.29 is 8.78 Å². The summed E-state index contributed by atoms with van der Waals surface area (Å²) in [6, 6.07) is 2.17. The van der Waals surface area contributed by atoms with Crippen LogP contribution in [0.1, 0.15) is 41.9 Å². The average molecular weight is 377 g/mol. The summed E-state index contributed by atoms with van der Waals surface area (Å²) in [5.74, 6) is -0.345. The van der Waals surface area contributed by atoms with Gasteiger partial charge in [0.05, 0.1) is 16.4 Å². The zero-order valence-corrected chi connectivity index (χ0v) is 15.1. The summed E-state index contributed by atoms with van der Waals surface area (Å²) in [6.07, 6.45) is 5.77. The molecule has 4 nitrogen and oxygen atoms in total. The molecule has 0 amide bonds. The molecule has 1 aromatic heterocycles. The van der Waals surface area contributed by atoms with Crippen molar-refractivity contribution in [2.75, 3.05) is 13.1 Å². The molecule has 2 aliphatic rings. The van der Waals surface area contributed by atoms with Crippen molar-refractivity contribution in [3.05, 3.63) is 57.6 Å². The summed E-state index contributed by atoms with van der Waals surface area (Å²) in [5, 5.41) is -0.141. The van der Waals surface area contributed by atoms with E-state index in [1.807, 2.05) is 11.1 Å². The van der Waals surface area contributed by atoms with Crippen LogP contribution in [-0.2, 0) is 19.5 Å². The molecular formula is C19H19ClF2N4. The van der Waals surface area contributed by atoms with Gasteiger partial charge in [0.15, 0.2) is 5.82 Å². The third-order valence-corrected chi connectivity index (χ3v) is 5.32. The first kappa shape index (κ1) is 17.5. The second-order valence-corrected chi connectivity index (χ2v) is 7.11. The minimum Gasteiger partial charge on any atom is -0.294 e. The first-order valence-electron chi connectivity index (χ1n) is 8.85. The number of aliphatic imine (C=N–C) groups is 1. The molecule has 3 heterocycles. The molecule has 0 bridgehead atoms. The number of benzene rings is 1. The molecule has 0 atom stereocenters. The molecular weight excluding hydrogens is 358 g/mol. The molecule has 0 saturated heterocycles. The topological polar surface area (TPSA) is 41.4 Å². The van der Waals surface area contributed by atoms with E-state index < -0.39 is 11.6 Å². The predicted octanol–water partition coefficient (Wildman–Crippen LogP) is 3.94. The van der Waals surface area contributed by atoms with Gasteiger partial charge in [-0.2, -0.15) is 0 Å². The van der Waals surface area contributed by atoms with E-state index in [0.29, 0.717) is 13.1 Å². The lowest BCUT2D eigenvalue weighted by Gasteiger charge is -2.28. The molecule has 2 aromatic rings. The number of halogens is 3. The fourth-order valence-electron chi connectivity index (χ4n) is 3.47. The third-order valence-electron chi connectivity index (χ3n) is 4.92. The van der Waals surface area contributed by atoms with Crippen LogP contribution >= 0.6 is 11.6 Å². The van der Waals surface area contributed by atoms with Crippen LogP contribution < -0.4 is 0 Å². The van der Waals surface area contributed by atoms with Crippen molar-refractivity contribution in [3.63, 3.8) is 0 Å². The number of hydrogen-bond acceptors (Lipinski definition) is 4. The van der Waals surface area contributed by atoms with Crippen molar-refractivity contribution in [2.24, 2.45) is 4.99 Å². The van der Waals surface area contributed by atoms with E-state index >= 15 is 0 Å². The second kappa shape index (κ2) is 7.37. The smallest absolute Gasteiger partial charge is 0.173 e. The van der Waals surface area contributed by atoms with Crippen LogP contribution in [0.3, 0.4) is 0 Å². The number of aromatic nitrogens is 2. The third kappa shape index (κ3) is 3.48. The molecule has 2 aliphatic heterocycles. The minimum atomic E-state index is -0.596. The Morgan fingerprint density at radius 1 is 1.12 bits per heavy atom. The summed E-state index contributed by atoms with van der Waals surface area (Å²) in [5.41, 5.74) is 3.23. The first-order chi connectivity index (χ1) is 12.6. The maximum absolute atomic E-state index is 14.0. The van der Waals surface area contributed by atoms with Crippen LogP contribution in [0.2, 0.25) is 5.02 Å². The molecule has 136 valence electrons. The molecule has 0 saturated carbocycles. The maximum atomic E-state index is 14.0. The van der Waals surface area contributed by atoms with Crippen LogP contribution in [0.4, 0.5) is 8.78 Å². The Labute approximate surface area is 155 Å². The van der Waals surface area contributed by atoms with Gasteiger partial charge in [0.25, 0.3) is 0 Å². The second-order valence-electron chi connectivity index (χ2n) is 6.73. The van der Waals surface area contributed by atoms with E-state index in [2.05, 4.69) is 9.98 Å². The zero-order chi connectivity index (χ0) is 18.1. The molecule has 0 N–H and O–H groups in total. The van der Waals surface area contributed by atoms with Crippen LogP contribution in [0.5, 0.6) is 0 Å². The fraction of sp³-hybridized carbons (Fsp3) is 0.421. The van der Waals surface area contributed by atoms with Crippen molar-refractivity contribution in [1.29, 1.82) is 0 Å². The summed E-state index contributed by atoms with van der Waals surface area (Å²) < 4.78 is 27.6. The standard InChI is InChI=1S/C19H19ClF2N4/c20-18-13(14(21)4-5-15(18)22)11-26-8-6-16-12(10-26)9-24-19(25-16)17-3-1-2-7-23-17/h4-5,9H,1-3,6-8,10-11H2. The van der Waals surface area contributed by atoms with Gasteiger partial charge >= 0.3 is 0 Å². The zero-order valence-electron chi connectivity index (χ0n) is 14.3. The van der Waals surface area contributed by atoms with Crippen LogP contribution in [0.25, 0.3) is 0 Å². The van der Waals surface area contributed by atoms with Gasteiger partial charge in [-0.15, -0.1) is 0 Å². The lowest BCUT2D eigenvalue weighted by molar-refractivity contribution is 0.239. The summed E-state index contributed by atoms with van der Waals surface area (Å²) in [7, 11) is 0. The lowest BCUT2D eigenvalue weighted by atomic mass is 10.0. The van der Waals surface area contributed by atoms with Gasteiger partial charge < -0.3 is 0 Å². The van der Waals surface area contributed by atoms with Crippen molar-refractivity contribution in [3.8, 4) is 0 Å². The molecule has 0 aliphatic carbocycles. The largest absolute Gasteiger partial charge is 0.294 e. The lowest BCUT2D eigenvalue weighted by Crippen LogP contribution is -2.32. The molecule has 7 heteroatoms. The molecule has 0 radical (unpaired) electrons.